The van der Waals surface area contributed by atoms with Crippen molar-refractivity contribution in [2.24, 2.45) is 0 Å². The highest BCUT2D eigenvalue weighted by molar-refractivity contribution is 6.30. The third kappa shape index (κ3) is 3.34. The predicted octanol–water partition coefficient (Wildman–Crippen LogP) is 2.97. The van der Waals surface area contributed by atoms with E-state index in [0.29, 0.717) is 22.2 Å². The number of rotatable bonds is 4. The Hall–Kier alpha value is -2.97. The lowest BCUT2D eigenvalue weighted by molar-refractivity contribution is 0.0700. The molecule has 2 aromatic carbocycles. The summed E-state index contributed by atoms with van der Waals surface area (Å²) in [6.45, 7) is 0. The van der Waals surface area contributed by atoms with Crippen molar-refractivity contribution in [2.45, 2.75) is 0 Å². The Kier molecular flexibility index (Phi) is 4.41. The predicted molar refractivity (Wildman–Crippen MR) is 82.1 cm³/mol. The minimum absolute atomic E-state index is 0.0924. The number of benzene rings is 2. The molecule has 3 rings (SSSR count). The van der Waals surface area contributed by atoms with Gasteiger partial charge in [-0.3, -0.25) is 10.0 Å². The van der Waals surface area contributed by atoms with Crippen LogP contribution in [0.4, 0.5) is 4.39 Å². The number of nitrogens with zero attached hydrogens (tertiary/aromatic N) is 3. The van der Waals surface area contributed by atoms with Crippen LogP contribution in [-0.2, 0) is 0 Å². The largest absolute Gasteiger partial charge is 0.455 e. The summed E-state index contributed by atoms with van der Waals surface area (Å²) in [5, 5.41) is 16.5. The second kappa shape index (κ2) is 6.65. The summed E-state index contributed by atoms with van der Waals surface area (Å²) in [4.78, 5) is 11.4. The van der Waals surface area contributed by atoms with Gasteiger partial charge in [-0.1, -0.05) is 16.8 Å². The van der Waals surface area contributed by atoms with E-state index < -0.39 is 5.91 Å². The fourth-order valence-corrected chi connectivity index (χ4v) is 2.09. The van der Waals surface area contributed by atoms with Crippen LogP contribution in [-0.4, -0.2) is 26.1 Å². The van der Waals surface area contributed by atoms with Gasteiger partial charge in [-0.15, -0.1) is 5.10 Å². The third-order valence-electron chi connectivity index (χ3n) is 3.04. The van der Waals surface area contributed by atoms with Crippen LogP contribution in [0.5, 0.6) is 11.5 Å². The number of ether oxygens (including phenoxy) is 1. The number of carbonyl (C=O) groups is 1. The number of hydrogen-bond acceptors (Lipinski definition) is 5. The molecule has 1 heterocycles. The Morgan fingerprint density at radius 2 is 2.00 bits per heavy atom. The number of hydrogen-bond donors (Lipinski definition) is 2. The van der Waals surface area contributed by atoms with Crippen LogP contribution in [0.25, 0.3) is 5.69 Å². The summed E-state index contributed by atoms with van der Waals surface area (Å²) in [5.41, 5.74) is 1.79. The van der Waals surface area contributed by atoms with Crippen LogP contribution in [0.3, 0.4) is 0 Å². The molecule has 7 nitrogen and oxygen atoms in total. The van der Waals surface area contributed by atoms with Gasteiger partial charge >= 0.3 is 0 Å². The molecule has 0 aliphatic carbocycles. The Morgan fingerprint density at radius 1 is 1.25 bits per heavy atom. The number of aromatic nitrogens is 3. The second-order valence-corrected chi connectivity index (χ2v) is 5.09. The fraction of sp³-hybridized carbons (Fsp3) is 0. The highest BCUT2D eigenvalue weighted by Crippen LogP contribution is 2.30. The summed E-state index contributed by atoms with van der Waals surface area (Å²) >= 11 is 6.00. The zero-order valence-corrected chi connectivity index (χ0v) is 12.7. The highest BCUT2D eigenvalue weighted by atomic mass is 35.5. The van der Waals surface area contributed by atoms with E-state index in [2.05, 4.69) is 10.3 Å². The van der Waals surface area contributed by atoms with Gasteiger partial charge in [0.25, 0.3) is 5.91 Å². The van der Waals surface area contributed by atoms with Crippen LogP contribution >= 0.6 is 11.6 Å². The van der Waals surface area contributed by atoms with Crippen molar-refractivity contribution in [2.75, 3.05) is 0 Å². The van der Waals surface area contributed by atoms with E-state index in [4.69, 9.17) is 21.5 Å². The van der Waals surface area contributed by atoms with Crippen LogP contribution < -0.4 is 10.2 Å². The van der Waals surface area contributed by atoms with Crippen molar-refractivity contribution < 1.29 is 19.1 Å². The molecule has 2 N–H and O–H groups in total. The molecule has 0 unspecified atom stereocenters. The molecule has 3 aromatic rings. The van der Waals surface area contributed by atoms with E-state index in [9.17, 15) is 9.18 Å². The average Bonchev–Trinajstić information content (AvgIpc) is 3.07. The number of carbonyl (C=O) groups excluding carboxylic acids is 1. The lowest BCUT2D eigenvalue weighted by Gasteiger charge is -2.11. The summed E-state index contributed by atoms with van der Waals surface area (Å²) in [5.74, 6) is -0.404. The smallest absolute Gasteiger partial charge is 0.296 e. The van der Waals surface area contributed by atoms with E-state index >= 15 is 0 Å². The maximum Gasteiger partial charge on any atom is 0.296 e. The van der Waals surface area contributed by atoms with Gasteiger partial charge in [0.15, 0.2) is 11.4 Å². The molecule has 0 saturated carbocycles. The highest BCUT2D eigenvalue weighted by Gasteiger charge is 2.14. The maximum absolute atomic E-state index is 13.0. The molecule has 9 heteroatoms. The zero-order valence-electron chi connectivity index (χ0n) is 12.0. The molecular formula is C15H10ClFN4O3. The van der Waals surface area contributed by atoms with Crippen molar-refractivity contribution in [1.82, 2.24) is 20.5 Å². The maximum atomic E-state index is 13.0. The quantitative estimate of drug-likeness (QED) is 0.559. The van der Waals surface area contributed by atoms with E-state index in [-0.39, 0.29) is 11.5 Å². The monoisotopic (exact) mass is 348 g/mol. The van der Waals surface area contributed by atoms with Crippen molar-refractivity contribution in [3.8, 4) is 17.2 Å². The molecule has 0 aliphatic heterocycles. The lowest BCUT2D eigenvalue weighted by Crippen LogP contribution is -2.18. The molecule has 24 heavy (non-hydrogen) atoms. The van der Waals surface area contributed by atoms with Crippen LogP contribution in [0.1, 0.15) is 10.5 Å². The van der Waals surface area contributed by atoms with Crippen LogP contribution in [0.2, 0.25) is 5.02 Å². The normalized spacial score (nSPS) is 10.5. The molecule has 0 bridgehead atoms. The van der Waals surface area contributed by atoms with Gasteiger partial charge in [0.05, 0.1) is 6.20 Å². The molecule has 0 atom stereocenters. The first-order chi connectivity index (χ1) is 11.6. The van der Waals surface area contributed by atoms with E-state index in [1.807, 2.05) is 0 Å². The SMILES string of the molecule is O=C(NO)c1cn(-c2cc(Cl)ccc2Oc2ccc(F)cc2)nn1. The Morgan fingerprint density at radius 3 is 2.71 bits per heavy atom. The minimum Gasteiger partial charge on any atom is -0.455 e. The molecule has 1 amide bonds. The van der Waals surface area contributed by atoms with E-state index in [1.165, 1.54) is 40.6 Å². The molecule has 0 saturated heterocycles. The topological polar surface area (TPSA) is 89.3 Å². The van der Waals surface area contributed by atoms with Gasteiger partial charge in [0.1, 0.15) is 17.3 Å². The van der Waals surface area contributed by atoms with Crippen LogP contribution in [0.15, 0.2) is 48.7 Å². The Bertz CT molecular complexity index is 883. The first kappa shape index (κ1) is 15.9. The summed E-state index contributed by atoms with van der Waals surface area (Å²) in [6, 6.07) is 10.3. The molecule has 0 spiro atoms. The Balaban J connectivity index is 1.97. The second-order valence-electron chi connectivity index (χ2n) is 4.66. The lowest BCUT2D eigenvalue weighted by atomic mass is 10.3. The summed E-state index contributed by atoms with van der Waals surface area (Å²) in [6.07, 6.45) is 1.30. The average molecular weight is 349 g/mol. The summed E-state index contributed by atoms with van der Waals surface area (Å²) < 4.78 is 20.0. The molecular weight excluding hydrogens is 339 g/mol. The number of nitrogens with one attached hydrogen (secondary N) is 1. The molecule has 122 valence electrons. The number of halogens is 2. The standard InChI is InChI=1S/C15H10ClFN4O3/c16-9-1-6-14(24-11-4-2-10(17)3-5-11)13(7-9)21-8-12(18-20-21)15(22)19-23/h1-8,23H,(H,19,22). The van der Waals surface area contributed by atoms with E-state index in [0.717, 1.165) is 0 Å². The Labute approximate surface area is 140 Å². The molecule has 1 aromatic heterocycles. The molecule has 0 radical (unpaired) electrons. The summed E-state index contributed by atoms with van der Waals surface area (Å²) in [7, 11) is 0. The number of amides is 1. The first-order valence-electron chi connectivity index (χ1n) is 6.67. The van der Waals surface area contributed by atoms with Gasteiger partial charge in [-0.2, -0.15) is 0 Å². The van der Waals surface area contributed by atoms with Gasteiger partial charge < -0.3 is 4.74 Å². The van der Waals surface area contributed by atoms with Gasteiger partial charge in [0.2, 0.25) is 0 Å². The van der Waals surface area contributed by atoms with Gasteiger partial charge in [0, 0.05) is 5.02 Å². The fourth-order valence-electron chi connectivity index (χ4n) is 1.93. The molecule has 0 aliphatic rings. The van der Waals surface area contributed by atoms with E-state index in [1.54, 1.807) is 18.2 Å². The van der Waals surface area contributed by atoms with Crippen LogP contribution in [0, 0.1) is 5.82 Å². The minimum atomic E-state index is -0.802. The first-order valence-corrected chi connectivity index (χ1v) is 7.05. The molecule has 0 fully saturated rings. The number of hydroxylamine groups is 1. The third-order valence-corrected chi connectivity index (χ3v) is 3.27. The van der Waals surface area contributed by atoms with Gasteiger partial charge in [-0.05, 0) is 42.5 Å². The van der Waals surface area contributed by atoms with Crippen molar-refractivity contribution in [3.05, 3.63) is 65.2 Å². The van der Waals surface area contributed by atoms with Crippen molar-refractivity contribution in [1.29, 1.82) is 0 Å². The van der Waals surface area contributed by atoms with Gasteiger partial charge in [-0.25, -0.2) is 14.6 Å². The van der Waals surface area contributed by atoms with Crippen molar-refractivity contribution in [3.63, 3.8) is 0 Å². The van der Waals surface area contributed by atoms with Crippen molar-refractivity contribution >= 4 is 17.5 Å². The zero-order chi connectivity index (χ0) is 17.1.